The highest BCUT2D eigenvalue weighted by molar-refractivity contribution is 7.90. The van der Waals surface area contributed by atoms with Crippen molar-refractivity contribution in [2.45, 2.75) is 148 Å². The maximum atomic E-state index is 16.6. The minimum atomic E-state index is -4.91. The molecule has 4 aliphatic carbocycles. The summed E-state index contributed by atoms with van der Waals surface area (Å²) in [5.74, 6) is 1.63. The zero-order valence-electron chi connectivity index (χ0n) is 33.4. The zero-order valence-corrected chi connectivity index (χ0v) is 35.2. The van der Waals surface area contributed by atoms with Gasteiger partial charge in [0.25, 0.3) is 10.0 Å². The molecule has 0 aliphatic heterocycles. The van der Waals surface area contributed by atoms with E-state index in [2.05, 4.69) is 78.5 Å². The van der Waals surface area contributed by atoms with Gasteiger partial charge in [-0.15, -0.1) is 13.2 Å². The number of hydrogen-bond acceptors (Lipinski definition) is 5. The number of carbonyl (C=O) groups is 1. The number of fused-ring (bicyclic) bond motifs is 5. The third kappa shape index (κ3) is 8.19. The molecule has 4 aliphatic rings. The second-order valence-corrected chi connectivity index (χ2v) is 25.5. The second kappa shape index (κ2) is 14.9. The second-order valence-electron chi connectivity index (χ2n) is 19.1. The lowest BCUT2D eigenvalue weighted by molar-refractivity contribution is -0.274. The van der Waals surface area contributed by atoms with Gasteiger partial charge in [0, 0.05) is 12.5 Å². The number of carbonyl (C=O) groups excluding carboxylic acids is 1. The fourth-order valence-corrected chi connectivity index (χ4v) is 13.7. The summed E-state index contributed by atoms with van der Waals surface area (Å²) >= 11 is 0. The van der Waals surface area contributed by atoms with Gasteiger partial charge in [0.1, 0.15) is 11.9 Å². The Kier molecular flexibility index (Phi) is 11.9. The Hall–Kier alpha value is -1.86. The van der Waals surface area contributed by atoms with Gasteiger partial charge in [-0.3, -0.25) is 0 Å². The van der Waals surface area contributed by atoms with Crippen molar-refractivity contribution in [2.75, 3.05) is 6.54 Å². The average Bonchev–Trinajstić information content (AvgIpc) is 3.39. The molecule has 7 nitrogen and oxygen atoms in total. The van der Waals surface area contributed by atoms with Crippen LogP contribution in [0.15, 0.2) is 29.2 Å². The fourth-order valence-electron chi connectivity index (χ4n) is 11.4. The van der Waals surface area contributed by atoms with E-state index in [0.717, 1.165) is 69.2 Å². The van der Waals surface area contributed by atoms with Gasteiger partial charge in [-0.1, -0.05) is 61.8 Å². The van der Waals surface area contributed by atoms with Crippen molar-refractivity contribution in [1.82, 2.24) is 10.0 Å². The molecule has 1 aromatic rings. The Morgan fingerprint density at radius 1 is 1.00 bits per heavy atom. The van der Waals surface area contributed by atoms with E-state index in [9.17, 15) is 26.4 Å². The van der Waals surface area contributed by atoms with E-state index in [4.69, 9.17) is 4.43 Å². The SMILES string of the molecule is CC[C@H]1C(O[Si](C)(C)C(C)(C)C)C2C3CCC([C@H](C)CCNC(=O)NS(=O)(=O)c4ccc(OC(F)(F)F)cc4)[C@@]3(C)CCC2[C@@]2(C)CC[C@@H](C)[C@H](F)[C@@H]12. The van der Waals surface area contributed by atoms with Crippen LogP contribution in [0.25, 0.3) is 0 Å². The van der Waals surface area contributed by atoms with Gasteiger partial charge in [-0.05, 0) is 140 Å². The zero-order chi connectivity index (χ0) is 39.5. The normalized spacial score (nSPS) is 36.8. The molecule has 0 spiro atoms. The molecule has 0 bridgehead atoms. The number of ether oxygens (including phenoxy) is 1. The first-order valence-electron chi connectivity index (χ1n) is 19.8. The maximum Gasteiger partial charge on any atom is 0.573 e. The van der Waals surface area contributed by atoms with Crippen LogP contribution in [-0.4, -0.2) is 47.9 Å². The number of nitrogens with one attached hydrogen (secondary N) is 2. The molecule has 2 N–H and O–H groups in total. The molecule has 1 aromatic carbocycles. The number of urea groups is 1. The molecule has 0 saturated heterocycles. The molecule has 2 amide bonds. The van der Waals surface area contributed by atoms with Gasteiger partial charge in [-0.25, -0.2) is 22.3 Å². The largest absolute Gasteiger partial charge is 0.573 e. The predicted octanol–water partition coefficient (Wildman–Crippen LogP) is 10.5. The van der Waals surface area contributed by atoms with Gasteiger partial charge in [0.15, 0.2) is 8.32 Å². The van der Waals surface area contributed by atoms with Crippen LogP contribution in [0.1, 0.15) is 107 Å². The van der Waals surface area contributed by atoms with E-state index >= 15 is 4.39 Å². The van der Waals surface area contributed by atoms with Crippen molar-refractivity contribution in [3.8, 4) is 5.75 Å². The molecule has 5 unspecified atom stereocenters. The standard InChI is InChI=1S/C40H64F4N2O5SSi/c1-11-28-33-34(41)25(3)18-21-39(33,8)31-19-22-38(7)29(16-17-30(38)32(31)35(28)51-53(9,10)37(4,5)6)24(2)20-23-45-36(47)46-52(48,49)27-14-12-26(13-15-27)50-40(42,43)44/h12-15,24-25,28-35H,11,16-23H2,1-10H3,(H2,45,46,47)/t24-,25-,28-,29?,30?,31?,32?,33-,34+,35?,38-,39-/m1/s1. The van der Waals surface area contributed by atoms with Crippen molar-refractivity contribution in [3.05, 3.63) is 24.3 Å². The first-order valence-corrected chi connectivity index (χ1v) is 24.2. The molecule has 53 heavy (non-hydrogen) atoms. The van der Waals surface area contributed by atoms with Gasteiger partial charge in [0.05, 0.1) is 11.0 Å². The lowest BCUT2D eigenvalue weighted by atomic mass is 9.40. The van der Waals surface area contributed by atoms with Gasteiger partial charge >= 0.3 is 12.4 Å². The lowest BCUT2D eigenvalue weighted by Gasteiger charge is -2.67. The summed E-state index contributed by atoms with van der Waals surface area (Å²) in [4.78, 5) is 12.3. The highest BCUT2D eigenvalue weighted by Gasteiger charge is 2.67. The summed E-state index contributed by atoms with van der Waals surface area (Å²) in [6.45, 7) is 23.3. The minimum absolute atomic E-state index is 0.0107. The average molecular weight is 789 g/mol. The molecule has 302 valence electrons. The van der Waals surface area contributed by atoms with Gasteiger partial charge in [-0.2, -0.15) is 0 Å². The number of sulfonamides is 1. The first kappa shape index (κ1) is 42.3. The van der Waals surface area contributed by atoms with Gasteiger partial charge in [0.2, 0.25) is 0 Å². The summed E-state index contributed by atoms with van der Waals surface area (Å²) < 4.78 is 92.9. The van der Waals surface area contributed by atoms with E-state index in [1.54, 1.807) is 0 Å². The van der Waals surface area contributed by atoms with E-state index in [0.29, 0.717) is 30.1 Å². The molecule has 5 rings (SSSR count). The Balaban J connectivity index is 1.29. The summed E-state index contributed by atoms with van der Waals surface area (Å²) in [7, 11) is -6.50. The molecule has 0 aromatic heterocycles. The van der Waals surface area contributed by atoms with Crippen molar-refractivity contribution in [2.24, 2.45) is 58.2 Å². The van der Waals surface area contributed by atoms with Crippen LogP contribution in [0.5, 0.6) is 5.75 Å². The number of benzene rings is 1. The molecule has 13 heteroatoms. The Labute approximate surface area is 316 Å². The fraction of sp³-hybridized carbons (Fsp3) is 0.825. The van der Waals surface area contributed by atoms with E-state index in [1.165, 1.54) is 0 Å². The number of alkyl halides is 4. The summed E-state index contributed by atoms with van der Waals surface area (Å²) in [5.41, 5.74) is 0.0217. The topological polar surface area (TPSA) is 93.7 Å². The number of halogens is 4. The van der Waals surface area contributed by atoms with Gasteiger partial charge < -0.3 is 14.5 Å². The van der Waals surface area contributed by atoms with E-state index in [-0.39, 0.29) is 57.1 Å². The van der Waals surface area contributed by atoms with Crippen LogP contribution in [0.2, 0.25) is 18.1 Å². The Morgan fingerprint density at radius 3 is 2.19 bits per heavy atom. The lowest BCUT2D eigenvalue weighted by Crippen LogP contribution is -2.66. The predicted molar refractivity (Wildman–Crippen MR) is 202 cm³/mol. The Bertz CT molecular complexity index is 1570. The van der Waals surface area contributed by atoms with Crippen LogP contribution in [0, 0.1) is 58.2 Å². The molecule has 0 radical (unpaired) electrons. The highest BCUT2D eigenvalue weighted by Crippen LogP contribution is 2.71. The molecule has 0 heterocycles. The highest BCUT2D eigenvalue weighted by atomic mass is 32.2. The van der Waals surface area contributed by atoms with Crippen molar-refractivity contribution in [1.29, 1.82) is 0 Å². The minimum Gasteiger partial charge on any atom is -0.413 e. The van der Waals surface area contributed by atoms with Crippen LogP contribution >= 0.6 is 0 Å². The first-order chi connectivity index (χ1) is 24.4. The summed E-state index contributed by atoms with van der Waals surface area (Å²) in [6, 6.07) is 2.78. The van der Waals surface area contributed by atoms with Crippen molar-refractivity contribution >= 4 is 24.4 Å². The third-order valence-corrected chi connectivity index (χ3v) is 21.0. The summed E-state index contributed by atoms with van der Waals surface area (Å²) in [6.07, 6.45) is 2.26. The van der Waals surface area contributed by atoms with E-state index in [1.807, 2.05) is 4.72 Å². The number of amides is 2. The quantitative estimate of drug-likeness (QED) is 0.182. The third-order valence-electron chi connectivity index (χ3n) is 15.2. The molecular weight excluding hydrogens is 725 g/mol. The van der Waals surface area contributed by atoms with Crippen LogP contribution < -0.4 is 14.8 Å². The summed E-state index contributed by atoms with van der Waals surface area (Å²) in [5, 5.41) is 2.72. The number of rotatable bonds is 10. The number of hydrogen-bond donors (Lipinski definition) is 2. The monoisotopic (exact) mass is 788 g/mol. The van der Waals surface area contributed by atoms with E-state index < -0.39 is 42.7 Å². The van der Waals surface area contributed by atoms with Crippen LogP contribution in [-0.2, 0) is 14.4 Å². The smallest absolute Gasteiger partial charge is 0.413 e. The van der Waals surface area contributed by atoms with Crippen molar-refractivity contribution < 1.29 is 39.9 Å². The molecule has 4 saturated carbocycles. The van der Waals surface area contributed by atoms with Crippen molar-refractivity contribution in [3.63, 3.8) is 0 Å². The van der Waals surface area contributed by atoms with Crippen LogP contribution in [0.4, 0.5) is 22.4 Å². The molecule has 4 fully saturated rings. The molecule has 12 atom stereocenters. The Morgan fingerprint density at radius 2 is 1.60 bits per heavy atom. The van der Waals surface area contributed by atoms with Crippen LogP contribution in [0.3, 0.4) is 0 Å². The molecular formula is C40H64F4N2O5SSi. The maximum absolute atomic E-state index is 16.6.